The van der Waals surface area contributed by atoms with Crippen molar-refractivity contribution < 1.29 is 13.9 Å². The maximum atomic E-state index is 13.7. The van der Waals surface area contributed by atoms with Gasteiger partial charge in [0.1, 0.15) is 0 Å². The minimum atomic E-state index is -0.801. The topological polar surface area (TPSA) is 39.2 Å². The van der Waals surface area contributed by atoms with Crippen LogP contribution in [0.2, 0.25) is 5.02 Å². The highest BCUT2D eigenvalue weighted by molar-refractivity contribution is 6.30. The average molecular weight is 266 g/mol. The van der Waals surface area contributed by atoms with Gasteiger partial charge in [-0.2, -0.15) is 0 Å². The minimum absolute atomic E-state index is 0.330. The largest absolute Gasteiger partial charge is 0.464 e. The van der Waals surface area contributed by atoms with Gasteiger partial charge in [-0.1, -0.05) is 23.7 Å². The number of rotatable bonds is 2. The second-order valence-electron chi connectivity index (χ2n) is 3.56. The molecular weight excluding hydrogens is 257 g/mol. The quantitative estimate of drug-likeness (QED) is 0.782. The van der Waals surface area contributed by atoms with E-state index >= 15 is 0 Å². The lowest BCUT2D eigenvalue weighted by molar-refractivity contribution is 0.0588. The number of hydrogen-bond acceptors (Lipinski definition) is 3. The Balaban J connectivity index is 2.43. The molecule has 1 aromatic heterocycles. The first-order valence-corrected chi connectivity index (χ1v) is 5.49. The molecule has 2 rings (SSSR count). The Morgan fingerprint density at radius 1 is 1.33 bits per heavy atom. The highest BCUT2D eigenvalue weighted by atomic mass is 35.5. The normalized spacial score (nSPS) is 10.2. The summed E-state index contributed by atoms with van der Waals surface area (Å²) in [6.45, 7) is 0. The van der Waals surface area contributed by atoms with Crippen molar-refractivity contribution in [3.05, 3.63) is 53.1 Å². The molecule has 0 saturated carbocycles. The summed E-state index contributed by atoms with van der Waals surface area (Å²) >= 11 is 5.85. The summed E-state index contributed by atoms with van der Waals surface area (Å²) in [5.41, 5.74) is 0.941. The lowest BCUT2D eigenvalue weighted by atomic mass is 10.1. The zero-order valence-electron chi connectivity index (χ0n) is 9.48. The molecule has 2 aromatic rings. The third-order valence-electron chi connectivity index (χ3n) is 2.38. The van der Waals surface area contributed by atoms with Crippen molar-refractivity contribution in [2.24, 2.45) is 0 Å². The van der Waals surface area contributed by atoms with E-state index in [4.69, 9.17) is 11.6 Å². The van der Waals surface area contributed by atoms with E-state index in [1.165, 1.54) is 19.4 Å². The third-order valence-corrected chi connectivity index (χ3v) is 2.61. The summed E-state index contributed by atoms with van der Waals surface area (Å²) in [4.78, 5) is 15.0. The summed E-state index contributed by atoms with van der Waals surface area (Å²) in [7, 11) is 1.17. The van der Waals surface area contributed by atoms with Crippen LogP contribution in [0.25, 0.3) is 11.1 Å². The van der Waals surface area contributed by atoms with E-state index in [9.17, 15) is 9.18 Å². The predicted octanol–water partition coefficient (Wildman–Crippen LogP) is 3.33. The van der Waals surface area contributed by atoms with Crippen LogP contribution in [0.1, 0.15) is 10.5 Å². The average Bonchev–Trinajstić information content (AvgIpc) is 2.37. The smallest absolute Gasteiger partial charge is 0.359 e. The molecule has 0 spiro atoms. The summed E-state index contributed by atoms with van der Waals surface area (Å²) in [6, 6.07) is 8.17. The number of ether oxygens (including phenoxy) is 1. The number of benzene rings is 1. The van der Waals surface area contributed by atoms with Crippen molar-refractivity contribution in [2.45, 2.75) is 0 Å². The molecule has 0 radical (unpaired) electrons. The molecule has 1 heterocycles. The number of nitrogens with zero attached hydrogens (tertiary/aromatic N) is 1. The number of halogens is 2. The Bertz CT molecular complexity index is 601. The molecule has 0 aliphatic carbocycles. The first-order valence-electron chi connectivity index (χ1n) is 5.11. The number of hydrogen-bond donors (Lipinski definition) is 0. The van der Waals surface area contributed by atoms with Crippen LogP contribution in [0, 0.1) is 5.82 Å². The van der Waals surface area contributed by atoms with E-state index in [1.807, 2.05) is 0 Å². The van der Waals surface area contributed by atoms with Crippen LogP contribution in [0.5, 0.6) is 0 Å². The van der Waals surface area contributed by atoms with Crippen molar-refractivity contribution >= 4 is 17.6 Å². The van der Waals surface area contributed by atoms with Crippen LogP contribution in [0.3, 0.4) is 0 Å². The molecule has 1 aromatic carbocycles. The maximum Gasteiger partial charge on any atom is 0.359 e. The molecule has 0 bridgehead atoms. The van der Waals surface area contributed by atoms with E-state index in [1.54, 1.807) is 24.3 Å². The number of carbonyl (C=O) groups is 1. The zero-order valence-corrected chi connectivity index (χ0v) is 10.2. The monoisotopic (exact) mass is 265 g/mol. The lowest BCUT2D eigenvalue weighted by Crippen LogP contribution is -2.07. The molecule has 0 aliphatic heterocycles. The molecule has 0 atom stereocenters. The maximum absolute atomic E-state index is 13.7. The molecular formula is C13H9ClFNO2. The highest BCUT2D eigenvalue weighted by Crippen LogP contribution is 2.23. The summed E-state index contributed by atoms with van der Waals surface area (Å²) in [5.74, 6) is -1.52. The van der Waals surface area contributed by atoms with Gasteiger partial charge in [0.2, 0.25) is 0 Å². The Morgan fingerprint density at radius 3 is 2.72 bits per heavy atom. The van der Waals surface area contributed by atoms with E-state index in [0.29, 0.717) is 10.6 Å². The van der Waals surface area contributed by atoms with Gasteiger partial charge in [0.05, 0.1) is 7.11 Å². The SMILES string of the molecule is COC(=O)c1ncc(-c2cccc(Cl)c2)cc1F. The molecule has 0 fully saturated rings. The molecule has 0 unspecified atom stereocenters. The number of carbonyl (C=O) groups excluding carboxylic acids is 1. The van der Waals surface area contributed by atoms with Crippen LogP contribution in [0.15, 0.2) is 36.5 Å². The fourth-order valence-electron chi connectivity index (χ4n) is 1.51. The number of aromatic nitrogens is 1. The lowest BCUT2D eigenvalue weighted by Gasteiger charge is -2.04. The van der Waals surface area contributed by atoms with Crippen LogP contribution in [-0.4, -0.2) is 18.1 Å². The molecule has 18 heavy (non-hydrogen) atoms. The fourth-order valence-corrected chi connectivity index (χ4v) is 1.70. The van der Waals surface area contributed by atoms with E-state index in [2.05, 4.69) is 9.72 Å². The van der Waals surface area contributed by atoms with Crippen LogP contribution >= 0.6 is 11.6 Å². The van der Waals surface area contributed by atoms with Gasteiger partial charge in [0.15, 0.2) is 11.5 Å². The Labute approximate surface area is 108 Å². The van der Waals surface area contributed by atoms with Crippen molar-refractivity contribution in [2.75, 3.05) is 7.11 Å². The molecule has 0 saturated heterocycles. The molecule has 0 N–H and O–H groups in total. The fraction of sp³-hybridized carbons (Fsp3) is 0.0769. The molecule has 92 valence electrons. The van der Waals surface area contributed by atoms with Gasteiger partial charge in [-0.05, 0) is 23.8 Å². The Kier molecular flexibility index (Phi) is 3.58. The second-order valence-corrected chi connectivity index (χ2v) is 3.99. The van der Waals surface area contributed by atoms with Gasteiger partial charge < -0.3 is 4.74 Å². The number of esters is 1. The first kappa shape index (κ1) is 12.5. The van der Waals surface area contributed by atoms with Crippen LogP contribution in [0.4, 0.5) is 4.39 Å². The van der Waals surface area contributed by atoms with Crippen LogP contribution in [-0.2, 0) is 4.74 Å². The van der Waals surface area contributed by atoms with Gasteiger partial charge in [0, 0.05) is 16.8 Å². The van der Waals surface area contributed by atoms with Crippen LogP contribution < -0.4 is 0 Å². The minimum Gasteiger partial charge on any atom is -0.464 e. The Hall–Kier alpha value is -1.94. The van der Waals surface area contributed by atoms with Gasteiger partial charge in [-0.3, -0.25) is 0 Å². The van der Waals surface area contributed by atoms with Gasteiger partial charge >= 0.3 is 5.97 Å². The predicted molar refractivity (Wildman–Crippen MR) is 66.0 cm³/mol. The van der Waals surface area contributed by atoms with Crippen molar-refractivity contribution in [3.63, 3.8) is 0 Å². The van der Waals surface area contributed by atoms with Crippen molar-refractivity contribution in [1.82, 2.24) is 4.98 Å². The summed E-state index contributed by atoms with van der Waals surface area (Å²) < 4.78 is 18.1. The van der Waals surface area contributed by atoms with Gasteiger partial charge in [0.25, 0.3) is 0 Å². The van der Waals surface area contributed by atoms with Gasteiger partial charge in [-0.15, -0.1) is 0 Å². The molecule has 5 heteroatoms. The zero-order chi connectivity index (χ0) is 13.1. The first-order chi connectivity index (χ1) is 8.61. The summed E-state index contributed by atoms with van der Waals surface area (Å²) in [5, 5.41) is 0.546. The van der Waals surface area contributed by atoms with Crippen molar-refractivity contribution in [1.29, 1.82) is 0 Å². The van der Waals surface area contributed by atoms with Crippen molar-refractivity contribution in [3.8, 4) is 11.1 Å². The molecule has 0 amide bonds. The summed E-state index contributed by atoms with van der Waals surface area (Å²) in [6.07, 6.45) is 1.40. The number of methoxy groups -OCH3 is 1. The highest BCUT2D eigenvalue weighted by Gasteiger charge is 2.14. The molecule has 0 aliphatic rings. The van der Waals surface area contributed by atoms with E-state index in [0.717, 1.165) is 5.56 Å². The molecule has 3 nitrogen and oxygen atoms in total. The third kappa shape index (κ3) is 2.49. The standard InChI is InChI=1S/C13H9ClFNO2/c1-18-13(17)12-11(15)6-9(7-16-12)8-3-2-4-10(14)5-8/h2-7H,1H3. The second kappa shape index (κ2) is 5.14. The Morgan fingerprint density at radius 2 is 2.11 bits per heavy atom. The van der Waals surface area contributed by atoms with E-state index < -0.39 is 11.8 Å². The van der Waals surface area contributed by atoms with Gasteiger partial charge in [-0.25, -0.2) is 14.2 Å². The van der Waals surface area contributed by atoms with E-state index in [-0.39, 0.29) is 5.69 Å². The number of pyridine rings is 1.